The Labute approximate surface area is 227 Å². The fourth-order valence-electron chi connectivity index (χ4n) is 3.85. The molecular formula is C32H30N2O5. The topological polar surface area (TPSA) is 93.7 Å². The van der Waals surface area contributed by atoms with E-state index in [-0.39, 0.29) is 26.1 Å². The smallest absolute Gasteiger partial charge is 0.408 e. The second-order valence-electron chi connectivity index (χ2n) is 8.88. The molecule has 0 saturated heterocycles. The number of hydrogen-bond donors (Lipinski definition) is 2. The van der Waals surface area contributed by atoms with Crippen molar-refractivity contribution in [3.8, 4) is 11.1 Å². The maximum absolute atomic E-state index is 13.1. The summed E-state index contributed by atoms with van der Waals surface area (Å²) >= 11 is 0. The normalized spacial score (nSPS) is 11.2. The minimum Gasteiger partial charge on any atom is -0.461 e. The van der Waals surface area contributed by atoms with Gasteiger partial charge in [-0.2, -0.15) is 0 Å². The van der Waals surface area contributed by atoms with Crippen LogP contribution >= 0.6 is 0 Å². The number of carbonyl (C=O) groups excluding carboxylic acids is 3. The van der Waals surface area contributed by atoms with Crippen molar-refractivity contribution in [2.45, 2.75) is 32.1 Å². The van der Waals surface area contributed by atoms with Crippen LogP contribution in [0.5, 0.6) is 0 Å². The molecule has 0 aliphatic heterocycles. The fraction of sp³-hybridized carbons (Fsp3) is 0.156. The zero-order valence-electron chi connectivity index (χ0n) is 21.4. The number of hydrogen-bond acceptors (Lipinski definition) is 5. The largest absolute Gasteiger partial charge is 0.461 e. The average molecular weight is 523 g/mol. The van der Waals surface area contributed by atoms with E-state index in [9.17, 15) is 14.4 Å². The van der Waals surface area contributed by atoms with Crippen LogP contribution in [0.1, 0.15) is 24.0 Å². The number of carbonyl (C=O) groups is 3. The molecule has 0 radical (unpaired) electrons. The lowest BCUT2D eigenvalue weighted by Crippen LogP contribution is -2.44. The van der Waals surface area contributed by atoms with Gasteiger partial charge in [-0.05, 0) is 40.8 Å². The first kappa shape index (κ1) is 27.1. The minimum absolute atomic E-state index is 0.0436. The lowest BCUT2D eigenvalue weighted by atomic mass is 10.1. The molecular weight excluding hydrogens is 492 g/mol. The fourth-order valence-corrected chi connectivity index (χ4v) is 3.85. The molecule has 0 heterocycles. The first-order valence-corrected chi connectivity index (χ1v) is 12.7. The van der Waals surface area contributed by atoms with Gasteiger partial charge in [0, 0.05) is 12.1 Å². The molecule has 7 nitrogen and oxygen atoms in total. The van der Waals surface area contributed by atoms with Crippen LogP contribution in [0.4, 0.5) is 10.5 Å². The quantitative estimate of drug-likeness (QED) is 0.232. The van der Waals surface area contributed by atoms with Gasteiger partial charge in [0.2, 0.25) is 5.91 Å². The lowest BCUT2D eigenvalue weighted by molar-refractivity contribution is -0.145. The van der Waals surface area contributed by atoms with Crippen LogP contribution < -0.4 is 10.6 Å². The van der Waals surface area contributed by atoms with Crippen LogP contribution in [0.2, 0.25) is 0 Å². The van der Waals surface area contributed by atoms with E-state index in [2.05, 4.69) is 10.6 Å². The van der Waals surface area contributed by atoms with E-state index in [4.69, 9.17) is 9.47 Å². The molecule has 2 N–H and O–H groups in total. The van der Waals surface area contributed by atoms with Crippen LogP contribution in [0, 0.1) is 0 Å². The second kappa shape index (κ2) is 14.1. The van der Waals surface area contributed by atoms with Crippen molar-refractivity contribution >= 4 is 23.7 Å². The van der Waals surface area contributed by atoms with Crippen molar-refractivity contribution < 1.29 is 23.9 Å². The maximum atomic E-state index is 13.1. The molecule has 0 fully saturated rings. The Bertz CT molecular complexity index is 1340. The average Bonchev–Trinajstić information content (AvgIpc) is 2.99. The summed E-state index contributed by atoms with van der Waals surface area (Å²) in [5.74, 6) is -0.932. The molecule has 0 aromatic heterocycles. The molecule has 2 amide bonds. The molecule has 39 heavy (non-hydrogen) atoms. The number of amides is 2. The molecule has 4 aromatic rings. The van der Waals surface area contributed by atoms with Crippen LogP contribution in [0.3, 0.4) is 0 Å². The van der Waals surface area contributed by atoms with Crippen molar-refractivity contribution in [1.29, 1.82) is 0 Å². The van der Waals surface area contributed by atoms with E-state index in [1.807, 2.05) is 103 Å². The zero-order chi connectivity index (χ0) is 27.3. The van der Waals surface area contributed by atoms with Crippen LogP contribution in [0.25, 0.3) is 11.1 Å². The van der Waals surface area contributed by atoms with Gasteiger partial charge in [-0.15, -0.1) is 0 Å². The predicted molar refractivity (Wildman–Crippen MR) is 150 cm³/mol. The number of nitrogens with one attached hydrogen (secondary N) is 2. The van der Waals surface area contributed by atoms with Gasteiger partial charge in [0.25, 0.3) is 0 Å². The number of esters is 1. The van der Waals surface area contributed by atoms with Crippen molar-refractivity contribution in [3.05, 3.63) is 126 Å². The molecule has 4 rings (SSSR count). The molecule has 0 spiro atoms. The monoisotopic (exact) mass is 522 g/mol. The zero-order valence-corrected chi connectivity index (χ0v) is 21.4. The standard InChI is InChI=1S/C32H30N2O5/c35-30(38-22-24-10-4-1-5-11-24)21-20-29(34-32(37)39-23-25-12-6-2-7-13-25)31(36)33-28-18-16-27(17-19-28)26-14-8-3-9-15-26/h1-19,29H,20-23H2,(H,33,36)(H,34,37)/t29-/m0/s1. The summed E-state index contributed by atoms with van der Waals surface area (Å²) in [7, 11) is 0. The van der Waals surface area contributed by atoms with Gasteiger partial charge in [0.15, 0.2) is 0 Å². The molecule has 0 saturated carbocycles. The number of benzene rings is 4. The summed E-state index contributed by atoms with van der Waals surface area (Å²) in [5.41, 5.74) is 4.31. The second-order valence-corrected chi connectivity index (χ2v) is 8.88. The molecule has 7 heteroatoms. The summed E-state index contributed by atoms with van der Waals surface area (Å²) in [6.45, 7) is 0.192. The molecule has 198 valence electrons. The Balaban J connectivity index is 1.36. The van der Waals surface area contributed by atoms with Crippen LogP contribution in [-0.2, 0) is 32.3 Å². The number of anilines is 1. The molecule has 1 atom stereocenters. The summed E-state index contributed by atoms with van der Waals surface area (Å²) in [6, 6.07) is 34.8. The Morgan fingerprint density at radius 2 is 1.13 bits per heavy atom. The summed E-state index contributed by atoms with van der Waals surface area (Å²) in [4.78, 5) is 38.0. The number of rotatable bonds is 11. The summed E-state index contributed by atoms with van der Waals surface area (Å²) in [6.07, 6.45) is -0.769. The summed E-state index contributed by atoms with van der Waals surface area (Å²) < 4.78 is 10.6. The third kappa shape index (κ3) is 8.86. The van der Waals surface area contributed by atoms with Gasteiger partial charge in [-0.3, -0.25) is 9.59 Å². The van der Waals surface area contributed by atoms with Crippen molar-refractivity contribution in [1.82, 2.24) is 5.32 Å². The maximum Gasteiger partial charge on any atom is 0.408 e. The van der Waals surface area contributed by atoms with E-state index >= 15 is 0 Å². The van der Waals surface area contributed by atoms with Crippen LogP contribution in [-0.4, -0.2) is 24.0 Å². The third-order valence-corrected chi connectivity index (χ3v) is 5.96. The highest BCUT2D eigenvalue weighted by Gasteiger charge is 2.23. The Kier molecular flexibility index (Phi) is 9.84. The van der Waals surface area contributed by atoms with Gasteiger partial charge in [-0.1, -0.05) is 103 Å². The van der Waals surface area contributed by atoms with Crippen LogP contribution in [0.15, 0.2) is 115 Å². The summed E-state index contributed by atoms with van der Waals surface area (Å²) in [5, 5.41) is 5.41. The molecule has 0 bridgehead atoms. The Morgan fingerprint density at radius 1 is 0.615 bits per heavy atom. The van der Waals surface area contributed by atoms with Crippen molar-refractivity contribution in [2.24, 2.45) is 0 Å². The number of alkyl carbamates (subject to hydrolysis) is 1. The number of ether oxygens (including phenoxy) is 2. The minimum atomic E-state index is -1.01. The van der Waals surface area contributed by atoms with E-state index < -0.39 is 24.0 Å². The van der Waals surface area contributed by atoms with E-state index in [0.717, 1.165) is 22.3 Å². The molecule has 4 aromatic carbocycles. The highest BCUT2D eigenvalue weighted by Crippen LogP contribution is 2.21. The Morgan fingerprint density at radius 3 is 1.72 bits per heavy atom. The van der Waals surface area contributed by atoms with E-state index in [1.165, 1.54) is 0 Å². The van der Waals surface area contributed by atoms with Crippen molar-refractivity contribution in [2.75, 3.05) is 5.32 Å². The molecule has 0 aliphatic rings. The predicted octanol–water partition coefficient (Wildman–Crippen LogP) is 6.11. The SMILES string of the molecule is O=C(CC[C@H](NC(=O)OCc1ccccc1)C(=O)Nc1ccc(-c2ccccc2)cc1)OCc1ccccc1. The molecule has 0 aliphatic carbocycles. The van der Waals surface area contributed by atoms with E-state index in [1.54, 1.807) is 12.1 Å². The highest BCUT2D eigenvalue weighted by atomic mass is 16.5. The molecule has 0 unspecified atom stereocenters. The van der Waals surface area contributed by atoms with Gasteiger partial charge in [0.1, 0.15) is 19.3 Å². The lowest BCUT2D eigenvalue weighted by Gasteiger charge is -2.18. The van der Waals surface area contributed by atoms with Crippen molar-refractivity contribution in [3.63, 3.8) is 0 Å². The first-order valence-electron chi connectivity index (χ1n) is 12.7. The van der Waals surface area contributed by atoms with Gasteiger partial charge >= 0.3 is 12.1 Å². The van der Waals surface area contributed by atoms with E-state index in [0.29, 0.717) is 5.69 Å². The highest BCUT2D eigenvalue weighted by molar-refractivity contribution is 5.97. The van der Waals surface area contributed by atoms with Gasteiger partial charge in [-0.25, -0.2) is 4.79 Å². The van der Waals surface area contributed by atoms with Gasteiger partial charge < -0.3 is 20.1 Å². The first-order chi connectivity index (χ1) is 19.1. The third-order valence-electron chi connectivity index (χ3n) is 5.96. The Hall–Kier alpha value is -4.91. The van der Waals surface area contributed by atoms with Gasteiger partial charge in [0.05, 0.1) is 0 Å².